The molecular formula is C15H18N2O3S. The molecule has 6 heteroatoms. The zero-order valence-electron chi connectivity index (χ0n) is 11.9. The van der Waals surface area contributed by atoms with Gasteiger partial charge in [-0.1, -0.05) is 30.3 Å². The summed E-state index contributed by atoms with van der Waals surface area (Å²) < 4.78 is 5.01. The van der Waals surface area contributed by atoms with Gasteiger partial charge in [-0.05, 0) is 0 Å². The summed E-state index contributed by atoms with van der Waals surface area (Å²) in [5.74, 6) is -0.843. The molecule has 0 radical (unpaired) electrons. The summed E-state index contributed by atoms with van der Waals surface area (Å²) in [5.41, 5.74) is 1.96. The molecule has 0 unspecified atom stereocenters. The number of nitrogens with zero attached hydrogens (tertiary/aromatic N) is 2. The van der Waals surface area contributed by atoms with Crippen LogP contribution >= 0.6 is 11.3 Å². The number of aliphatic carboxylic acids is 1. The van der Waals surface area contributed by atoms with Crippen molar-refractivity contribution in [3.05, 3.63) is 41.4 Å². The molecule has 1 N–H and O–H groups in total. The third-order valence-corrected chi connectivity index (χ3v) is 3.87. The highest BCUT2D eigenvalue weighted by atomic mass is 32.1. The molecule has 0 saturated carbocycles. The first-order valence-corrected chi connectivity index (χ1v) is 7.50. The van der Waals surface area contributed by atoms with Crippen LogP contribution in [0.4, 0.5) is 0 Å². The maximum absolute atomic E-state index is 10.9. The van der Waals surface area contributed by atoms with E-state index in [1.807, 2.05) is 40.6 Å². The van der Waals surface area contributed by atoms with Crippen LogP contribution in [0.25, 0.3) is 10.6 Å². The van der Waals surface area contributed by atoms with Gasteiger partial charge in [0.25, 0.3) is 0 Å². The van der Waals surface area contributed by atoms with Crippen molar-refractivity contribution in [2.24, 2.45) is 0 Å². The Morgan fingerprint density at radius 1 is 1.38 bits per heavy atom. The molecule has 2 rings (SSSR count). The molecule has 112 valence electrons. The molecule has 0 fully saturated rings. The van der Waals surface area contributed by atoms with E-state index in [-0.39, 0.29) is 6.54 Å². The quantitative estimate of drug-likeness (QED) is 0.811. The van der Waals surface area contributed by atoms with Gasteiger partial charge >= 0.3 is 5.97 Å². The SMILES string of the molecule is COCCN(CC(=O)O)Cc1csc(-c2ccccc2)n1. The average Bonchev–Trinajstić information content (AvgIpc) is 2.93. The van der Waals surface area contributed by atoms with Gasteiger partial charge in [-0.25, -0.2) is 4.98 Å². The number of methoxy groups -OCH3 is 1. The van der Waals surface area contributed by atoms with E-state index >= 15 is 0 Å². The van der Waals surface area contributed by atoms with Gasteiger partial charge in [-0.15, -0.1) is 11.3 Å². The molecule has 1 aromatic heterocycles. The van der Waals surface area contributed by atoms with Crippen molar-refractivity contribution in [1.82, 2.24) is 9.88 Å². The molecule has 21 heavy (non-hydrogen) atoms. The molecule has 1 aromatic carbocycles. The van der Waals surface area contributed by atoms with Crippen LogP contribution in [-0.4, -0.2) is 47.8 Å². The summed E-state index contributed by atoms with van der Waals surface area (Å²) in [6.07, 6.45) is 0. The van der Waals surface area contributed by atoms with Gasteiger partial charge in [0.2, 0.25) is 0 Å². The largest absolute Gasteiger partial charge is 0.480 e. The van der Waals surface area contributed by atoms with Gasteiger partial charge in [0.15, 0.2) is 0 Å². The highest BCUT2D eigenvalue weighted by Gasteiger charge is 2.12. The number of ether oxygens (including phenoxy) is 1. The van der Waals surface area contributed by atoms with Crippen LogP contribution in [0.3, 0.4) is 0 Å². The highest BCUT2D eigenvalue weighted by molar-refractivity contribution is 7.13. The van der Waals surface area contributed by atoms with Gasteiger partial charge in [0, 0.05) is 31.1 Å². The van der Waals surface area contributed by atoms with Gasteiger partial charge < -0.3 is 9.84 Å². The van der Waals surface area contributed by atoms with Crippen molar-refractivity contribution in [1.29, 1.82) is 0 Å². The Bertz CT molecular complexity index is 571. The van der Waals surface area contributed by atoms with Crippen LogP contribution < -0.4 is 0 Å². The van der Waals surface area contributed by atoms with E-state index in [2.05, 4.69) is 4.98 Å². The summed E-state index contributed by atoms with van der Waals surface area (Å²) in [7, 11) is 1.61. The lowest BCUT2D eigenvalue weighted by Crippen LogP contribution is -2.32. The predicted octanol–water partition coefficient (Wildman–Crippen LogP) is 2.34. The molecular weight excluding hydrogens is 288 g/mol. The number of carboxylic acid groups (broad SMARTS) is 1. The van der Waals surface area contributed by atoms with E-state index < -0.39 is 5.97 Å². The van der Waals surface area contributed by atoms with Crippen molar-refractivity contribution >= 4 is 17.3 Å². The Kier molecular flexibility index (Phi) is 5.86. The summed E-state index contributed by atoms with van der Waals surface area (Å²) in [6, 6.07) is 9.96. The van der Waals surface area contributed by atoms with Gasteiger partial charge in [-0.2, -0.15) is 0 Å². The van der Waals surface area contributed by atoms with Gasteiger partial charge in [-0.3, -0.25) is 9.69 Å². The number of benzene rings is 1. The first-order valence-electron chi connectivity index (χ1n) is 6.62. The van der Waals surface area contributed by atoms with E-state index in [1.54, 1.807) is 18.4 Å². The number of rotatable bonds is 8. The lowest BCUT2D eigenvalue weighted by molar-refractivity contribution is -0.138. The minimum atomic E-state index is -0.843. The number of carboxylic acids is 1. The van der Waals surface area contributed by atoms with Crippen LogP contribution in [0.5, 0.6) is 0 Å². The minimum absolute atomic E-state index is 0.0123. The van der Waals surface area contributed by atoms with E-state index in [0.717, 1.165) is 16.3 Å². The van der Waals surface area contributed by atoms with Crippen molar-refractivity contribution < 1.29 is 14.6 Å². The molecule has 0 aliphatic heterocycles. The fraction of sp³-hybridized carbons (Fsp3) is 0.333. The maximum Gasteiger partial charge on any atom is 0.317 e. The third kappa shape index (κ3) is 4.93. The lowest BCUT2D eigenvalue weighted by atomic mass is 10.2. The smallest absolute Gasteiger partial charge is 0.317 e. The highest BCUT2D eigenvalue weighted by Crippen LogP contribution is 2.23. The fourth-order valence-corrected chi connectivity index (χ4v) is 2.76. The molecule has 1 heterocycles. The Morgan fingerprint density at radius 2 is 2.14 bits per heavy atom. The Hall–Kier alpha value is -1.76. The molecule has 0 bridgehead atoms. The number of thiazole rings is 1. The van der Waals surface area contributed by atoms with Gasteiger partial charge in [0.05, 0.1) is 18.8 Å². The molecule has 0 spiro atoms. The van der Waals surface area contributed by atoms with E-state index in [9.17, 15) is 4.79 Å². The van der Waals surface area contributed by atoms with Gasteiger partial charge in [0.1, 0.15) is 5.01 Å². The lowest BCUT2D eigenvalue weighted by Gasteiger charge is -2.18. The summed E-state index contributed by atoms with van der Waals surface area (Å²) in [6.45, 7) is 1.57. The topological polar surface area (TPSA) is 62.7 Å². The van der Waals surface area contributed by atoms with Crippen LogP contribution in [0.15, 0.2) is 35.7 Å². The normalized spacial score (nSPS) is 11.0. The molecule has 0 atom stereocenters. The first-order chi connectivity index (χ1) is 10.2. The second-order valence-corrected chi connectivity index (χ2v) is 5.47. The van der Waals surface area contributed by atoms with Crippen LogP contribution in [0.2, 0.25) is 0 Å². The van der Waals surface area contributed by atoms with Crippen LogP contribution in [-0.2, 0) is 16.1 Å². The number of hydrogen-bond donors (Lipinski definition) is 1. The second kappa shape index (κ2) is 7.87. The average molecular weight is 306 g/mol. The van der Waals surface area contributed by atoms with Crippen molar-refractivity contribution in [2.45, 2.75) is 6.54 Å². The zero-order valence-corrected chi connectivity index (χ0v) is 12.7. The van der Waals surface area contributed by atoms with E-state index in [0.29, 0.717) is 19.7 Å². The molecule has 5 nitrogen and oxygen atoms in total. The summed E-state index contributed by atoms with van der Waals surface area (Å²) in [4.78, 5) is 17.3. The number of aromatic nitrogens is 1. The molecule has 0 saturated heterocycles. The molecule has 2 aromatic rings. The standard InChI is InChI=1S/C15H18N2O3S/c1-20-8-7-17(10-14(18)19)9-13-11-21-15(16-13)12-5-3-2-4-6-12/h2-6,11H,7-10H2,1H3,(H,18,19). The molecule has 0 amide bonds. The molecule has 0 aliphatic carbocycles. The maximum atomic E-state index is 10.9. The van der Waals surface area contributed by atoms with Crippen LogP contribution in [0.1, 0.15) is 5.69 Å². The van der Waals surface area contributed by atoms with E-state index in [1.165, 1.54) is 0 Å². The molecule has 0 aliphatic rings. The van der Waals surface area contributed by atoms with Crippen molar-refractivity contribution in [3.8, 4) is 10.6 Å². The number of carbonyl (C=O) groups is 1. The first kappa shape index (κ1) is 15.6. The monoisotopic (exact) mass is 306 g/mol. The Labute approximate surface area is 127 Å². The van der Waals surface area contributed by atoms with Crippen molar-refractivity contribution in [3.63, 3.8) is 0 Å². The van der Waals surface area contributed by atoms with Crippen LogP contribution in [0, 0.1) is 0 Å². The Morgan fingerprint density at radius 3 is 2.81 bits per heavy atom. The van der Waals surface area contributed by atoms with E-state index in [4.69, 9.17) is 9.84 Å². The fourth-order valence-electron chi connectivity index (χ4n) is 1.95. The summed E-state index contributed by atoms with van der Waals surface area (Å²) in [5, 5.41) is 11.9. The number of hydrogen-bond acceptors (Lipinski definition) is 5. The Balaban J connectivity index is 2.03. The zero-order chi connectivity index (χ0) is 15.1. The predicted molar refractivity (Wildman–Crippen MR) is 82.3 cm³/mol. The third-order valence-electron chi connectivity index (χ3n) is 2.93. The summed E-state index contributed by atoms with van der Waals surface area (Å²) >= 11 is 1.57. The van der Waals surface area contributed by atoms with Crippen molar-refractivity contribution in [2.75, 3.05) is 26.8 Å². The minimum Gasteiger partial charge on any atom is -0.480 e. The second-order valence-electron chi connectivity index (χ2n) is 4.61.